The molecule has 234 valence electrons. The fourth-order valence-electron chi connectivity index (χ4n) is 3.81. The standard InChI is InChI=1S/C25H35N3O6S.3C2H6/c1-17-9-11-18(12-10-17)6-5-8-21(29)26-14-4-3-7-19(25(33)34)27-22(30)13-15-28-23(31)16-20(35-2)24(28)32;3*1-2/h9-12,19-20H,3-8,13-16H2,1-2H3,(H,26,29)(H,27,30)(H,33,34);3*1-2H3. The highest BCUT2D eigenvalue weighted by atomic mass is 32.2. The number of unbranched alkanes of at least 4 members (excludes halogenated alkanes) is 1. The van der Waals surface area contributed by atoms with Crippen LogP contribution in [-0.2, 0) is 30.4 Å². The first-order valence-electron chi connectivity index (χ1n) is 14.9. The van der Waals surface area contributed by atoms with Gasteiger partial charge in [0, 0.05) is 32.4 Å². The number of nitrogens with zero attached hydrogens (tertiary/aromatic N) is 1. The summed E-state index contributed by atoms with van der Waals surface area (Å²) in [6, 6.07) is 7.18. The van der Waals surface area contributed by atoms with Gasteiger partial charge in [-0.3, -0.25) is 24.1 Å². The Morgan fingerprint density at radius 1 is 0.951 bits per heavy atom. The van der Waals surface area contributed by atoms with E-state index < -0.39 is 23.2 Å². The van der Waals surface area contributed by atoms with E-state index in [1.807, 2.05) is 48.5 Å². The molecule has 1 heterocycles. The fraction of sp³-hybridized carbons (Fsp3) is 0.645. The zero-order chi connectivity index (χ0) is 31.8. The van der Waals surface area contributed by atoms with E-state index in [2.05, 4.69) is 34.9 Å². The molecule has 3 N–H and O–H groups in total. The second kappa shape index (κ2) is 24.9. The van der Waals surface area contributed by atoms with E-state index in [1.54, 1.807) is 6.26 Å². The number of hydrogen-bond donors (Lipinski definition) is 3. The molecule has 1 aromatic carbocycles. The number of carboxylic acids is 1. The van der Waals surface area contributed by atoms with Crippen LogP contribution in [0.25, 0.3) is 0 Å². The molecular weight excluding hydrogens is 542 g/mol. The molecule has 1 saturated heterocycles. The lowest BCUT2D eigenvalue weighted by atomic mass is 10.1. The second-order valence-corrected chi connectivity index (χ2v) is 9.75. The predicted molar refractivity (Wildman–Crippen MR) is 168 cm³/mol. The summed E-state index contributed by atoms with van der Waals surface area (Å²) in [4.78, 5) is 60.8. The van der Waals surface area contributed by atoms with E-state index in [1.165, 1.54) is 22.9 Å². The molecule has 9 nitrogen and oxygen atoms in total. The maximum Gasteiger partial charge on any atom is 0.326 e. The van der Waals surface area contributed by atoms with Crippen molar-refractivity contribution in [2.45, 2.75) is 111 Å². The fourth-order valence-corrected chi connectivity index (χ4v) is 4.44. The molecule has 2 rings (SSSR count). The van der Waals surface area contributed by atoms with Gasteiger partial charge in [-0.15, -0.1) is 0 Å². The monoisotopic (exact) mass is 595 g/mol. The number of likely N-dealkylation sites (tertiary alicyclic amines) is 1. The van der Waals surface area contributed by atoms with Gasteiger partial charge in [0.25, 0.3) is 0 Å². The largest absolute Gasteiger partial charge is 0.480 e. The molecule has 2 atom stereocenters. The highest BCUT2D eigenvalue weighted by molar-refractivity contribution is 8.00. The summed E-state index contributed by atoms with van der Waals surface area (Å²) in [6.45, 7) is 14.4. The summed E-state index contributed by atoms with van der Waals surface area (Å²) in [5, 5.41) is 14.3. The van der Waals surface area contributed by atoms with E-state index in [9.17, 15) is 29.1 Å². The topological polar surface area (TPSA) is 133 Å². The highest BCUT2D eigenvalue weighted by Crippen LogP contribution is 2.23. The van der Waals surface area contributed by atoms with Gasteiger partial charge in [0.05, 0.1) is 5.25 Å². The lowest BCUT2D eigenvalue weighted by Crippen LogP contribution is -2.42. The summed E-state index contributed by atoms with van der Waals surface area (Å²) >= 11 is 1.30. The number of aliphatic carboxylic acids is 1. The lowest BCUT2D eigenvalue weighted by Gasteiger charge is -2.17. The Bertz CT molecular complexity index is 908. The Labute approximate surface area is 251 Å². The summed E-state index contributed by atoms with van der Waals surface area (Å²) in [6.07, 6.45) is 5.10. The molecule has 2 unspecified atom stereocenters. The number of aryl methyl sites for hydroxylation is 2. The molecule has 0 saturated carbocycles. The SMILES string of the molecule is CC.CC.CC.CSC1CC(=O)N(CCC(=O)NC(CCCCNC(=O)CCCc2ccc(C)cc2)C(=O)O)C1=O. The number of carboxylic acid groups (broad SMARTS) is 1. The molecule has 1 aromatic rings. The molecule has 1 aliphatic rings. The number of thioether (sulfide) groups is 1. The minimum Gasteiger partial charge on any atom is -0.480 e. The van der Waals surface area contributed by atoms with Crippen LogP contribution in [0.15, 0.2) is 24.3 Å². The van der Waals surface area contributed by atoms with E-state index in [0.717, 1.165) is 17.7 Å². The third-order valence-corrected chi connectivity index (χ3v) is 6.85. The molecule has 0 aromatic heterocycles. The third-order valence-electron chi connectivity index (χ3n) is 5.91. The van der Waals surface area contributed by atoms with E-state index in [0.29, 0.717) is 25.8 Å². The quantitative estimate of drug-likeness (QED) is 0.189. The van der Waals surface area contributed by atoms with Crippen LogP contribution >= 0.6 is 11.8 Å². The number of benzene rings is 1. The van der Waals surface area contributed by atoms with Crippen molar-refractivity contribution in [3.63, 3.8) is 0 Å². The van der Waals surface area contributed by atoms with Crippen molar-refractivity contribution >= 4 is 41.4 Å². The summed E-state index contributed by atoms with van der Waals surface area (Å²) < 4.78 is 0. The van der Waals surface area contributed by atoms with Crippen molar-refractivity contribution in [3.8, 4) is 0 Å². The number of rotatable bonds is 15. The zero-order valence-corrected chi connectivity index (χ0v) is 27.2. The molecule has 4 amide bonds. The van der Waals surface area contributed by atoms with E-state index in [4.69, 9.17) is 0 Å². The first kappa shape index (κ1) is 40.3. The van der Waals surface area contributed by atoms with Crippen LogP contribution in [0.1, 0.15) is 97.6 Å². The van der Waals surface area contributed by atoms with Crippen molar-refractivity contribution in [1.29, 1.82) is 0 Å². The van der Waals surface area contributed by atoms with Crippen LogP contribution in [0, 0.1) is 6.92 Å². The van der Waals surface area contributed by atoms with Gasteiger partial charge in [0.15, 0.2) is 0 Å². The van der Waals surface area contributed by atoms with Crippen LogP contribution in [0.5, 0.6) is 0 Å². The average Bonchev–Trinajstić information content (AvgIpc) is 3.27. The minimum absolute atomic E-state index is 0.0325. The van der Waals surface area contributed by atoms with Gasteiger partial charge in [0.2, 0.25) is 23.6 Å². The third kappa shape index (κ3) is 16.9. The number of amides is 4. The number of carbonyl (C=O) groups excluding carboxylic acids is 4. The van der Waals surface area contributed by atoms with Crippen LogP contribution < -0.4 is 10.6 Å². The Morgan fingerprint density at radius 2 is 1.56 bits per heavy atom. The van der Waals surface area contributed by atoms with Gasteiger partial charge < -0.3 is 15.7 Å². The molecule has 0 aliphatic carbocycles. The second-order valence-electron chi connectivity index (χ2n) is 8.71. The van der Waals surface area contributed by atoms with Crippen molar-refractivity contribution < 1.29 is 29.1 Å². The molecule has 0 bridgehead atoms. The van der Waals surface area contributed by atoms with E-state index in [-0.39, 0.29) is 43.5 Å². The number of imide groups is 1. The van der Waals surface area contributed by atoms with Crippen molar-refractivity contribution in [3.05, 3.63) is 35.4 Å². The van der Waals surface area contributed by atoms with Crippen LogP contribution in [0.3, 0.4) is 0 Å². The van der Waals surface area contributed by atoms with Gasteiger partial charge in [-0.05, 0) is 50.8 Å². The first-order chi connectivity index (χ1) is 19.7. The van der Waals surface area contributed by atoms with Crippen LogP contribution in [-0.4, -0.2) is 70.2 Å². The number of hydrogen-bond acceptors (Lipinski definition) is 6. The molecule has 0 spiro atoms. The molecule has 1 aliphatic heterocycles. The molecule has 41 heavy (non-hydrogen) atoms. The maximum absolute atomic E-state index is 12.2. The summed E-state index contributed by atoms with van der Waals surface area (Å²) in [5.74, 6) is -2.31. The van der Waals surface area contributed by atoms with Gasteiger partial charge >= 0.3 is 5.97 Å². The molecule has 1 fully saturated rings. The van der Waals surface area contributed by atoms with Gasteiger partial charge in [-0.1, -0.05) is 71.4 Å². The summed E-state index contributed by atoms with van der Waals surface area (Å²) in [7, 11) is 0. The minimum atomic E-state index is -1.14. The summed E-state index contributed by atoms with van der Waals surface area (Å²) in [5.41, 5.74) is 2.41. The van der Waals surface area contributed by atoms with Crippen LogP contribution in [0.2, 0.25) is 0 Å². The maximum atomic E-state index is 12.2. The highest BCUT2D eigenvalue weighted by Gasteiger charge is 2.38. The van der Waals surface area contributed by atoms with Gasteiger partial charge in [-0.25, -0.2) is 4.79 Å². The van der Waals surface area contributed by atoms with Gasteiger partial charge in [0.1, 0.15) is 6.04 Å². The van der Waals surface area contributed by atoms with Crippen molar-refractivity contribution in [2.75, 3.05) is 19.3 Å². The molecule has 0 radical (unpaired) electrons. The Hall–Kier alpha value is -2.88. The zero-order valence-electron chi connectivity index (χ0n) is 26.4. The van der Waals surface area contributed by atoms with Gasteiger partial charge in [-0.2, -0.15) is 11.8 Å². The first-order valence-corrected chi connectivity index (χ1v) is 16.2. The Kier molecular flexibility index (Phi) is 24.4. The molecule has 10 heteroatoms. The van der Waals surface area contributed by atoms with Crippen LogP contribution in [0.4, 0.5) is 0 Å². The Balaban J connectivity index is 0. The lowest BCUT2D eigenvalue weighted by molar-refractivity contribution is -0.143. The molecular formula is C31H53N3O6S. The van der Waals surface area contributed by atoms with Crippen molar-refractivity contribution in [1.82, 2.24) is 15.5 Å². The number of carbonyl (C=O) groups is 5. The number of nitrogens with one attached hydrogen (secondary N) is 2. The average molecular weight is 596 g/mol. The smallest absolute Gasteiger partial charge is 0.326 e. The Morgan fingerprint density at radius 3 is 2.10 bits per heavy atom. The van der Waals surface area contributed by atoms with Crippen molar-refractivity contribution in [2.24, 2.45) is 0 Å². The predicted octanol–water partition coefficient (Wildman–Crippen LogP) is 5.13. The van der Waals surface area contributed by atoms with E-state index >= 15 is 0 Å². The normalized spacial score (nSPS) is 14.3.